The summed E-state index contributed by atoms with van der Waals surface area (Å²) in [4.78, 5) is 32.5. The number of nitrogens with one attached hydrogen (secondary N) is 1. The Morgan fingerprint density at radius 2 is 2.00 bits per heavy atom. The van der Waals surface area contributed by atoms with E-state index >= 15 is 0 Å². The van der Waals surface area contributed by atoms with Crippen LogP contribution in [-0.4, -0.2) is 93.3 Å². The van der Waals surface area contributed by atoms with Crippen LogP contribution in [0.25, 0.3) is 21.8 Å². The number of aryl methyl sites for hydroxylation is 1. The predicted molar refractivity (Wildman–Crippen MR) is 153 cm³/mol. The van der Waals surface area contributed by atoms with Crippen LogP contribution in [0.15, 0.2) is 37.1 Å². The number of aromatic nitrogens is 5. The number of anilines is 1. The number of amides is 1. The molecular weight excluding hydrogens is 532 g/mol. The van der Waals surface area contributed by atoms with Crippen LogP contribution >= 0.6 is 11.6 Å². The van der Waals surface area contributed by atoms with Crippen molar-refractivity contribution >= 4 is 45.1 Å². The van der Waals surface area contributed by atoms with Gasteiger partial charge in [-0.25, -0.2) is 0 Å². The zero-order valence-electron chi connectivity index (χ0n) is 22.6. The number of likely N-dealkylation sites (tertiary alicyclic amines) is 1. The number of carbonyl (C=O) groups is 1. The lowest BCUT2D eigenvalue weighted by atomic mass is 10.1. The van der Waals surface area contributed by atoms with E-state index < -0.39 is 0 Å². The molecule has 2 aliphatic heterocycles. The van der Waals surface area contributed by atoms with Crippen molar-refractivity contribution in [3.63, 3.8) is 0 Å². The maximum atomic E-state index is 12.2. The number of ether oxygens (including phenoxy) is 2. The fourth-order valence-electron chi connectivity index (χ4n) is 5.37. The summed E-state index contributed by atoms with van der Waals surface area (Å²) in [5, 5.41) is 8.92. The van der Waals surface area contributed by atoms with Crippen LogP contribution in [-0.2, 0) is 4.79 Å². The van der Waals surface area contributed by atoms with E-state index in [9.17, 15) is 4.79 Å². The number of benzene rings is 1. The van der Waals surface area contributed by atoms with Gasteiger partial charge in [-0.1, -0.05) is 24.2 Å². The van der Waals surface area contributed by atoms with Gasteiger partial charge >= 0.3 is 6.01 Å². The number of nitrogens with zero attached hydrogens (tertiary/aromatic N) is 7. The monoisotopic (exact) mass is 562 g/mol. The van der Waals surface area contributed by atoms with E-state index in [4.69, 9.17) is 31.0 Å². The highest BCUT2D eigenvalue weighted by atomic mass is 35.5. The number of hydrogen-bond acceptors (Lipinski definition) is 9. The number of piperazine rings is 1. The normalized spacial score (nSPS) is 18.0. The Bertz CT molecular complexity index is 1580. The van der Waals surface area contributed by atoms with Crippen molar-refractivity contribution < 1.29 is 14.3 Å². The van der Waals surface area contributed by atoms with Crippen LogP contribution in [0.3, 0.4) is 0 Å². The van der Waals surface area contributed by atoms with Gasteiger partial charge in [0.25, 0.3) is 0 Å². The van der Waals surface area contributed by atoms with Crippen LogP contribution in [0.4, 0.5) is 5.82 Å². The average Bonchev–Trinajstić information content (AvgIpc) is 3.61. The third kappa shape index (κ3) is 5.02. The summed E-state index contributed by atoms with van der Waals surface area (Å²) in [5.41, 5.74) is 2.26. The van der Waals surface area contributed by atoms with Crippen LogP contribution < -0.4 is 14.4 Å². The molecule has 3 aromatic heterocycles. The fraction of sp³-hybridized carbons (Fsp3) is 0.393. The minimum absolute atomic E-state index is 0.0800. The molecule has 12 heteroatoms. The molecule has 11 nitrogen and oxygen atoms in total. The molecule has 4 aromatic rings. The van der Waals surface area contributed by atoms with Crippen molar-refractivity contribution in [3.8, 4) is 17.6 Å². The van der Waals surface area contributed by atoms with Gasteiger partial charge in [0.15, 0.2) is 0 Å². The number of H-pyrrole nitrogens is 1. The number of fused-ring (bicyclic) bond motifs is 2. The molecule has 208 valence electrons. The number of rotatable bonds is 7. The van der Waals surface area contributed by atoms with E-state index in [0.717, 1.165) is 35.9 Å². The second-order valence-corrected chi connectivity index (χ2v) is 10.6. The van der Waals surface area contributed by atoms with Crippen LogP contribution in [0, 0.1) is 6.92 Å². The highest BCUT2D eigenvalue weighted by Crippen LogP contribution is 2.38. The Hall–Kier alpha value is -3.96. The van der Waals surface area contributed by atoms with Crippen molar-refractivity contribution in [1.29, 1.82) is 0 Å². The molecule has 0 unspecified atom stereocenters. The first-order chi connectivity index (χ1) is 19.4. The maximum Gasteiger partial charge on any atom is 0.319 e. The molecule has 2 aliphatic rings. The van der Waals surface area contributed by atoms with E-state index in [2.05, 4.69) is 38.6 Å². The summed E-state index contributed by atoms with van der Waals surface area (Å²) in [6.07, 6.45) is 5.28. The molecular formula is C28H31ClN8O3. The van der Waals surface area contributed by atoms with Gasteiger partial charge in [0.1, 0.15) is 28.8 Å². The molecule has 1 atom stereocenters. The smallest absolute Gasteiger partial charge is 0.319 e. The topological polar surface area (TPSA) is 113 Å². The molecule has 1 amide bonds. The lowest BCUT2D eigenvalue weighted by molar-refractivity contribution is -0.126. The van der Waals surface area contributed by atoms with Crippen LogP contribution in [0.2, 0.25) is 5.15 Å². The summed E-state index contributed by atoms with van der Waals surface area (Å²) in [7, 11) is 2.11. The predicted octanol–water partition coefficient (Wildman–Crippen LogP) is 3.96. The number of hydrogen-bond donors (Lipinski definition) is 1. The Balaban J connectivity index is 1.42. The summed E-state index contributed by atoms with van der Waals surface area (Å²) >= 11 is 6.54. The average molecular weight is 563 g/mol. The number of halogens is 1. The molecule has 5 heterocycles. The quantitative estimate of drug-likeness (QED) is 0.264. The molecule has 0 spiro atoms. The maximum absolute atomic E-state index is 12.2. The lowest BCUT2D eigenvalue weighted by Gasteiger charge is -2.35. The SMILES string of the molecule is C=CC(=O)N1CCN(c2nc(OC[C@@H]3CCCN3C)nc3c(Oc4c(C)ccc5[nH]ncc45)nc(Cl)cc23)CC1. The molecule has 0 bridgehead atoms. The fourth-order valence-corrected chi connectivity index (χ4v) is 5.56. The van der Waals surface area contributed by atoms with Crippen molar-refractivity contribution in [3.05, 3.63) is 47.8 Å². The van der Waals surface area contributed by atoms with E-state index in [1.807, 2.05) is 19.1 Å². The second kappa shape index (κ2) is 10.9. The van der Waals surface area contributed by atoms with Crippen molar-refractivity contribution in [2.24, 2.45) is 0 Å². The zero-order valence-corrected chi connectivity index (χ0v) is 23.3. The second-order valence-electron chi connectivity index (χ2n) is 10.2. The third-order valence-electron chi connectivity index (χ3n) is 7.69. The standard InChI is InChI=1S/C28H31ClN8O3/c1-4-23(38)36-10-12-37(13-11-36)26-19-14-22(29)31-27(40-25-17(2)7-8-21-20(25)15-30-34-21)24(19)32-28(33-26)39-16-18-6-5-9-35(18)3/h4,7-8,14-15,18H,1,5-6,9-13,16H2,2-3H3,(H,30,34)/t18-/m0/s1. The summed E-state index contributed by atoms with van der Waals surface area (Å²) in [5.74, 6) is 1.46. The first-order valence-electron chi connectivity index (χ1n) is 13.4. The molecule has 1 aromatic carbocycles. The largest absolute Gasteiger partial charge is 0.462 e. The van der Waals surface area contributed by atoms with E-state index in [0.29, 0.717) is 61.3 Å². The lowest BCUT2D eigenvalue weighted by Crippen LogP contribution is -2.48. The summed E-state index contributed by atoms with van der Waals surface area (Å²) in [6, 6.07) is 6.22. The Morgan fingerprint density at radius 1 is 1.18 bits per heavy atom. The zero-order chi connectivity index (χ0) is 27.8. The van der Waals surface area contributed by atoms with E-state index in [-0.39, 0.29) is 23.0 Å². The number of likely N-dealkylation sites (N-methyl/N-ethyl adjacent to an activating group) is 1. The van der Waals surface area contributed by atoms with Gasteiger partial charge in [0, 0.05) is 32.2 Å². The van der Waals surface area contributed by atoms with Gasteiger partial charge in [0.05, 0.1) is 22.5 Å². The molecule has 6 rings (SSSR count). The number of carbonyl (C=O) groups excluding carboxylic acids is 1. The van der Waals surface area contributed by atoms with Crippen LogP contribution in [0.1, 0.15) is 18.4 Å². The van der Waals surface area contributed by atoms with Crippen molar-refractivity contribution in [2.45, 2.75) is 25.8 Å². The number of aromatic amines is 1. The first-order valence-corrected chi connectivity index (χ1v) is 13.8. The first kappa shape index (κ1) is 26.3. The molecule has 0 saturated carbocycles. The summed E-state index contributed by atoms with van der Waals surface area (Å²) < 4.78 is 12.6. The van der Waals surface area contributed by atoms with Gasteiger partial charge < -0.3 is 24.2 Å². The Labute approximate surface area is 236 Å². The molecule has 2 saturated heterocycles. The van der Waals surface area contributed by atoms with Gasteiger partial charge in [0.2, 0.25) is 11.8 Å². The molecule has 0 aliphatic carbocycles. The van der Waals surface area contributed by atoms with Crippen molar-refractivity contribution in [1.82, 2.24) is 34.9 Å². The summed E-state index contributed by atoms with van der Waals surface area (Å²) in [6.45, 7) is 9.36. The van der Waals surface area contributed by atoms with Gasteiger partial charge in [-0.2, -0.15) is 20.1 Å². The van der Waals surface area contributed by atoms with Crippen molar-refractivity contribution in [2.75, 3.05) is 51.3 Å². The van der Waals surface area contributed by atoms with E-state index in [1.165, 1.54) is 6.08 Å². The minimum atomic E-state index is -0.0800. The van der Waals surface area contributed by atoms with Gasteiger partial charge in [-0.05, 0) is 57.1 Å². The Kier molecular flexibility index (Phi) is 7.16. The van der Waals surface area contributed by atoms with Crippen LogP contribution in [0.5, 0.6) is 17.6 Å². The molecule has 1 N–H and O–H groups in total. The number of pyridine rings is 1. The molecule has 0 radical (unpaired) electrons. The highest BCUT2D eigenvalue weighted by Gasteiger charge is 2.27. The van der Waals surface area contributed by atoms with Gasteiger partial charge in [-0.3, -0.25) is 9.89 Å². The highest BCUT2D eigenvalue weighted by molar-refractivity contribution is 6.30. The molecule has 40 heavy (non-hydrogen) atoms. The van der Waals surface area contributed by atoms with E-state index in [1.54, 1.807) is 17.2 Å². The van der Waals surface area contributed by atoms with Gasteiger partial charge in [-0.15, -0.1) is 0 Å². The molecule has 2 fully saturated rings. The third-order valence-corrected chi connectivity index (χ3v) is 7.89. The Morgan fingerprint density at radius 3 is 2.75 bits per heavy atom. The minimum Gasteiger partial charge on any atom is -0.462 e.